The molecule has 0 amide bonds. The highest BCUT2D eigenvalue weighted by Gasteiger charge is 2.18. The largest absolute Gasteiger partial charge is 0.331 e. The summed E-state index contributed by atoms with van der Waals surface area (Å²) < 4.78 is 31.7. The molecule has 0 aliphatic heterocycles. The molecule has 0 aliphatic rings. The van der Waals surface area contributed by atoms with Crippen molar-refractivity contribution in [3.8, 4) is 16.8 Å². The molecule has 7 nitrogen and oxygen atoms in total. The molecule has 0 unspecified atom stereocenters. The van der Waals surface area contributed by atoms with E-state index in [4.69, 9.17) is 9.78 Å². The summed E-state index contributed by atoms with van der Waals surface area (Å²) in [5.74, 6) is 0.0734. The minimum Gasteiger partial charge on any atom is -0.331 e. The summed E-state index contributed by atoms with van der Waals surface area (Å²) in [7, 11) is -3.88. The Morgan fingerprint density at radius 1 is 1.27 bits per heavy atom. The van der Waals surface area contributed by atoms with Crippen LogP contribution in [0.4, 0.5) is 5.95 Å². The first-order valence-corrected chi connectivity index (χ1v) is 8.35. The van der Waals surface area contributed by atoms with Crippen LogP contribution in [0.1, 0.15) is 5.56 Å². The molecule has 1 N–H and O–H groups in total. The van der Waals surface area contributed by atoms with Gasteiger partial charge in [-0.15, -0.1) is 11.3 Å². The van der Waals surface area contributed by atoms with Gasteiger partial charge in [0.25, 0.3) is 21.9 Å². The Bertz CT molecular complexity index is 940. The molecule has 0 atom stereocenters. The average Bonchev–Trinajstić information content (AvgIpc) is 3.18. The van der Waals surface area contributed by atoms with E-state index in [1.54, 1.807) is 6.07 Å². The Labute approximate surface area is 129 Å². The molecule has 0 saturated carbocycles. The Kier molecular flexibility index (Phi) is 3.62. The first-order chi connectivity index (χ1) is 10.6. The summed E-state index contributed by atoms with van der Waals surface area (Å²) in [6.45, 7) is 0. The van der Waals surface area contributed by atoms with Crippen LogP contribution < -0.4 is 4.72 Å². The van der Waals surface area contributed by atoms with Crippen LogP contribution >= 0.6 is 11.3 Å². The topological polar surface area (TPSA) is 109 Å². The highest BCUT2D eigenvalue weighted by atomic mass is 32.2. The van der Waals surface area contributed by atoms with E-state index in [1.807, 2.05) is 17.5 Å². The quantitative estimate of drug-likeness (QED) is 0.786. The van der Waals surface area contributed by atoms with E-state index in [2.05, 4.69) is 14.9 Å². The van der Waals surface area contributed by atoms with Gasteiger partial charge in [-0.05, 0) is 34.8 Å². The van der Waals surface area contributed by atoms with E-state index in [1.165, 1.54) is 35.6 Å². The molecule has 22 heavy (non-hydrogen) atoms. The third-order valence-electron chi connectivity index (χ3n) is 2.66. The monoisotopic (exact) mass is 332 g/mol. The molecule has 9 heteroatoms. The van der Waals surface area contributed by atoms with Gasteiger partial charge in [0.2, 0.25) is 0 Å². The van der Waals surface area contributed by atoms with Crippen molar-refractivity contribution in [2.24, 2.45) is 0 Å². The number of nitrogens with zero attached hydrogens (tertiary/aromatic N) is 3. The smallest absolute Gasteiger partial charge is 0.277 e. The van der Waals surface area contributed by atoms with E-state index < -0.39 is 10.0 Å². The normalized spacial score (nSPS) is 11.0. The molecule has 1 aromatic carbocycles. The van der Waals surface area contributed by atoms with Gasteiger partial charge in [-0.3, -0.25) is 0 Å². The fraction of sp³-hybridized carbons (Fsp3) is 0. The van der Waals surface area contributed by atoms with Crippen molar-refractivity contribution in [2.45, 2.75) is 4.90 Å². The van der Waals surface area contributed by atoms with Gasteiger partial charge in [-0.1, -0.05) is 12.1 Å². The van der Waals surface area contributed by atoms with Crippen molar-refractivity contribution in [1.29, 1.82) is 5.26 Å². The third-order valence-corrected chi connectivity index (χ3v) is 4.84. The summed E-state index contributed by atoms with van der Waals surface area (Å²) in [6.07, 6.45) is 0. The van der Waals surface area contributed by atoms with Gasteiger partial charge in [0.05, 0.1) is 21.4 Å². The SMILES string of the molecule is N#Cc1cccc(S(=O)(=O)Nc2noc(-c3cccs3)n2)c1. The van der Waals surface area contributed by atoms with E-state index in [9.17, 15) is 8.42 Å². The lowest BCUT2D eigenvalue weighted by molar-refractivity contribution is 0.434. The number of benzene rings is 1. The highest BCUT2D eigenvalue weighted by Crippen LogP contribution is 2.24. The number of rotatable bonds is 4. The average molecular weight is 332 g/mol. The second-order valence-corrected chi connectivity index (χ2v) is 6.78. The molecular formula is C13H8N4O3S2. The van der Waals surface area contributed by atoms with Crippen molar-refractivity contribution in [1.82, 2.24) is 10.1 Å². The van der Waals surface area contributed by atoms with Crippen LogP contribution in [0.15, 0.2) is 51.2 Å². The van der Waals surface area contributed by atoms with Gasteiger partial charge in [-0.2, -0.15) is 10.2 Å². The zero-order valence-corrected chi connectivity index (χ0v) is 12.6. The Morgan fingerprint density at radius 3 is 2.86 bits per heavy atom. The number of aromatic nitrogens is 2. The second kappa shape index (κ2) is 5.59. The second-order valence-electron chi connectivity index (χ2n) is 4.15. The predicted octanol–water partition coefficient (Wildman–Crippen LogP) is 2.47. The summed E-state index contributed by atoms with van der Waals surface area (Å²) in [5.41, 5.74) is 0.246. The number of anilines is 1. The van der Waals surface area contributed by atoms with Gasteiger partial charge in [0, 0.05) is 0 Å². The lowest BCUT2D eigenvalue weighted by Crippen LogP contribution is -2.14. The summed E-state index contributed by atoms with van der Waals surface area (Å²) in [6, 6.07) is 11.1. The molecule has 0 fully saturated rings. The maximum atomic E-state index is 12.2. The van der Waals surface area contributed by atoms with E-state index in [0.29, 0.717) is 0 Å². The number of nitriles is 1. The fourth-order valence-electron chi connectivity index (χ4n) is 1.68. The molecule has 3 rings (SSSR count). The summed E-state index contributed by atoms with van der Waals surface area (Å²) in [4.78, 5) is 4.68. The van der Waals surface area contributed by atoms with Crippen LogP contribution in [0.2, 0.25) is 0 Å². The fourth-order valence-corrected chi connectivity index (χ4v) is 3.30. The molecule has 3 aromatic rings. The lowest BCUT2D eigenvalue weighted by atomic mass is 10.2. The zero-order chi connectivity index (χ0) is 15.6. The Balaban J connectivity index is 1.87. The lowest BCUT2D eigenvalue weighted by Gasteiger charge is -2.03. The van der Waals surface area contributed by atoms with Crippen LogP contribution in [0.5, 0.6) is 0 Å². The first kappa shape index (κ1) is 14.2. The number of hydrogen-bond acceptors (Lipinski definition) is 7. The molecule has 110 valence electrons. The van der Waals surface area contributed by atoms with Gasteiger partial charge < -0.3 is 4.52 Å². The molecule has 0 saturated heterocycles. The van der Waals surface area contributed by atoms with Crippen LogP contribution in [-0.2, 0) is 10.0 Å². The van der Waals surface area contributed by atoms with Crippen LogP contribution in [0.25, 0.3) is 10.8 Å². The van der Waals surface area contributed by atoms with E-state index in [-0.39, 0.29) is 22.3 Å². The standard InChI is InChI=1S/C13H8N4O3S2/c14-8-9-3-1-4-10(7-9)22(18,19)17-13-15-12(20-16-13)11-5-2-6-21-11/h1-7H,(H,16,17). The summed E-state index contributed by atoms with van der Waals surface area (Å²) in [5, 5.41) is 14.3. The van der Waals surface area contributed by atoms with Crippen LogP contribution in [0, 0.1) is 11.3 Å². The maximum Gasteiger partial charge on any atom is 0.277 e. The van der Waals surface area contributed by atoms with E-state index >= 15 is 0 Å². The minimum atomic E-state index is -3.88. The molecule has 0 bridgehead atoms. The zero-order valence-electron chi connectivity index (χ0n) is 10.9. The number of sulfonamides is 1. The van der Waals surface area contributed by atoms with Crippen LogP contribution in [0.3, 0.4) is 0 Å². The molecule has 2 heterocycles. The third kappa shape index (κ3) is 2.83. The van der Waals surface area contributed by atoms with Crippen molar-refractivity contribution in [2.75, 3.05) is 4.72 Å². The molecule has 0 spiro atoms. The van der Waals surface area contributed by atoms with Gasteiger partial charge in [-0.25, -0.2) is 13.1 Å². The molecule has 0 radical (unpaired) electrons. The number of hydrogen-bond donors (Lipinski definition) is 1. The van der Waals surface area contributed by atoms with Crippen molar-refractivity contribution in [3.05, 3.63) is 47.3 Å². The number of thiophene rings is 1. The van der Waals surface area contributed by atoms with E-state index in [0.717, 1.165) is 4.88 Å². The Hall–Kier alpha value is -2.70. The van der Waals surface area contributed by atoms with Gasteiger partial charge >= 0.3 is 0 Å². The summed E-state index contributed by atoms with van der Waals surface area (Å²) >= 11 is 1.40. The minimum absolute atomic E-state index is 0.0472. The highest BCUT2D eigenvalue weighted by molar-refractivity contribution is 7.92. The van der Waals surface area contributed by atoms with Crippen molar-refractivity contribution < 1.29 is 12.9 Å². The predicted molar refractivity (Wildman–Crippen MR) is 79.6 cm³/mol. The number of nitrogens with one attached hydrogen (secondary N) is 1. The van der Waals surface area contributed by atoms with Gasteiger partial charge in [0.1, 0.15) is 0 Å². The van der Waals surface area contributed by atoms with Crippen molar-refractivity contribution >= 4 is 27.3 Å². The molecule has 0 aliphatic carbocycles. The molecular weight excluding hydrogens is 324 g/mol. The first-order valence-electron chi connectivity index (χ1n) is 5.99. The van der Waals surface area contributed by atoms with Gasteiger partial charge in [0.15, 0.2) is 0 Å². The van der Waals surface area contributed by atoms with Crippen molar-refractivity contribution in [3.63, 3.8) is 0 Å². The molecule has 2 aromatic heterocycles. The maximum absolute atomic E-state index is 12.2. The Morgan fingerprint density at radius 2 is 2.14 bits per heavy atom. The van der Waals surface area contributed by atoms with Crippen LogP contribution in [-0.4, -0.2) is 18.6 Å².